The van der Waals surface area contributed by atoms with E-state index in [-0.39, 0.29) is 11.3 Å². The van der Waals surface area contributed by atoms with Crippen LogP contribution in [-0.4, -0.2) is 24.7 Å². The Balaban J connectivity index is 1.98. The first kappa shape index (κ1) is 18.5. The second-order valence-corrected chi connectivity index (χ2v) is 6.15. The Morgan fingerprint density at radius 2 is 1.85 bits per heavy atom. The van der Waals surface area contributed by atoms with Gasteiger partial charge < -0.3 is 19.4 Å². The standard InChI is InChI=1S/C21H22N2O4/c1-5-23-13(2)10-19(24)16-11-14(6-9-18(16)23)21(25)22-17-8-7-15(26-3)12-20(17)27-4/h6-12H,5H2,1-4H3,(H,22,25). The van der Waals surface area contributed by atoms with Gasteiger partial charge in [0, 0.05) is 35.3 Å². The van der Waals surface area contributed by atoms with Gasteiger partial charge in [0.1, 0.15) is 11.5 Å². The van der Waals surface area contributed by atoms with E-state index >= 15 is 0 Å². The van der Waals surface area contributed by atoms with E-state index in [1.54, 1.807) is 43.5 Å². The quantitative estimate of drug-likeness (QED) is 0.749. The smallest absolute Gasteiger partial charge is 0.255 e. The molecular weight excluding hydrogens is 344 g/mol. The average molecular weight is 366 g/mol. The highest BCUT2D eigenvalue weighted by molar-refractivity contribution is 6.06. The number of hydrogen-bond donors (Lipinski definition) is 1. The van der Waals surface area contributed by atoms with E-state index in [0.29, 0.717) is 28.1 Å². The van der Waals surface area contributed by atoms with Gasteiger partial charge in [-0.2, -0.15) is 0 Å². The summed E-state index contributed by atoms with van der Waals surface area (Å²) in [6.45, 7) is 4.67. The van der Waals surface area contributed by atoms with Crippen molar-refractivity contribution in [3.8, 4) is 11.5 Å². The molecule has 0 aliphatic heterocycles. The highest BCUT2D eigenvalue weighted by atomic mass is 16.5. The number of nitrogens with zero attached hydrogens (tertiary/aromatic N) is 1. The number of aromatic nitrogens is 1. The maximum absolute atomic E-state index is 12.7. The molecular formula is C21H22N2O4. The van der Waals surface area contributed by atoms with E-state index in [4.69, 9.17) is 9.47 Å². The Morgan fingerprint density at radius 1 is 1.07 bits per heavy atom. The van der Waals surface area contributed by atoms with Gasteiger partial charge in [0.15, 0.2) is 5.43 Å². The zero-order chi connectivity index (χ0) is 19.6. The monoisotopic (exact) mass is 366 g/mol. The van der Waals surface area contributed by atoms with Gasteiger partial charge in [-0.3, -0.25) is 9.59 Å². The number of carbonyl (C=O) groups excluding carboxylic acids is 1. The molecule has 1 heterocycles. The van der Waals surface area contributed by atoms with E-state index in [1.165, 1.54) is 7.11 Å². The molecule has 140 valence electrons. The van der Waals surface area contributed by atoms with Gasteiger partial charge >= 0.3 is 0 Å². The zero-order valence-corrected chi connectivity index (χ0v) is 15.8. The summed E-state index contributed by atoms with van der Waals surface area (Å²) in [7, 11) is 3.09. The van der Waals surface area contributed by atoms with Crippen molar-refractivity contribution in [2.45, 2.75) is 20.4 Å². The Hall–Kier alpha value is -3.28. The summed E-state index contributed by atoms with van der Waals surface area (Å²) in [5.41, 5.74) is 2.56. The number of pyridine rings is 1. The molecule has 3 rings (SSSR count). The number of amides is 1. The van der Waals surface area contributed by atoms with Gasteiger partial charge in [-0.1, -0.05) is 0 Å². The van der Waals surface area contributed by atoms with Crippen LogP contribution in [0.4, 0.5) is 5.69 Å². The van der Waals surface area contributed by atoms with Crippen LogP contribution >= 0.6 is 0 Å². The lowest BCUT2D eigenvalue weighted by Crippen LogP contribution is -2.15. The second kappa shape index (κ2) is 7.53. The molecule has 2 aromatic carbocycles. The van der Waals surface area contributed by atoms with Gasteiger partial charge in [0.2, 0.25) is 0 Å². The predicted molar refractivity (Wildman–Crippen MR) is 106 cm³/mol. The van der Waals surface area contributed by atoms with E-state index in [2.05, 4.69) is 5.32 Å². The number of hydrogen-bond acceptors (Lipinski definition) is 4. The maximum atomic E-state index is 12.7. The fraction of sp³-hybridized carbons (Fsp3) is 0.238. The van der Waals surface area contributed by atoms with Gasteiger partial charge in [-0.05, 0) is 44.2 Å². The topological polar surface area (TPSA) is 69.6 Å². The summed E-state index contributed by atoms with van der Waals surface area (Å²) in [4.78, 5) is 25.1. The first-order valence-electron chi connectivity index (χ1n) is 8.66. The number of carbonyl (C=O) groups is 1. The molecule has 0 saturated heterocycles. The summed E-state index contributed by atoms with van der Waals surface area (Å²) in [6.07, 6.45) is 0. The van der Waals surface area contributed by atoms with Crippen LogP contribution in [0.15, 0.2) is 47.3 Å². The average Bonchev–Trinajstić information content (AvgIpc) is 2.68. The summed E-state index contributed by atoms with van der Waals surface area (Å²) in [6, 6.07) is 11.9. The normalized spacial score (nSPS) is 10.7. The lowest BCUT2D eigenvalue weighted by molar-refractivity contribution is 0.102. The predicted octanol–water partition coefficient (Wildman–Crippen LogP) is 3.60. The third kappa shape index (κ3) is 3.51. The molecule has 0 unspecified atom stereocenters. The molecule has 0 aliphatic carbocycles. The lowest BCUT2D eigenvalue weighted by Gasteiger charge is -2.14. The van der Waals surface area contributed by atoms with Crippen LogP contribution in [0, 0.1) is 6.92 Å². The fourth-order valence-electron chi connectivity index (χ4n) is 3.16. The number of benzene rings is 2. The molecule has 0 spiro atoms. The van der Waals surface area contributed by atoms with Crippen LogP contribution in [-0.2, 0) is 6.54 Å². The first-order valence-corrected chi connectivity index (χ1v) is 8.66. The molecule has 0 fully saturated rings. The van der Waals surface area contributed by atoms with Crippen molar-refractivity contribution >= 4 is 22.5 Å². The highest BCUT2D eigenvalue weighted by Gasteiger charge is 2.13. The molecule has 6 nitrogen and oxygen atoms in total. The minimum absolute atomic E-state index is 0.0936. The summed E-state index contributed by atoms with van der Waals surface area (Å²) in [5.74, 6) is 0.807. The number of ether oxygens (including phenoxy) is 2. The molecule has 1 N–H and O–H groups in total. The van der Waals surface area contributed by atoms with Crippen molar-refractivity contribution in [1.29, 1.82) is 0 Å². The minimum Gasteiger partial charge on any atom is -0.497 e. The Labute approximate surface area is 157 Å². The molecule has 0 radical (unpaired) electrons. The molecule has 0 saturated carbocycles. The third-order valence-electron chi connectivity index (χ3n) is 4.55. The van der Waals surface area contributed by atoms with Crippen molar-refractivity contribution < 1.29 is 14.3 Å². The van der Waals surface area contributed by atoms with Crippen LogP contribution in [0.3, 0.4) is 0 Å². The lowest BCUT2D eigenvalue weighted by atomic mass is 10.1. The molecule has 27 heavy (non-hydrogen) atoms. The van der Waals surface area contributed by atoms with E-state index < -0.39 is 0 Å². The van der Waals surface area contributed by atoms with Gasteiger partial charge in [-0.15, -0.1) is 0 Å². The SMILES string of the molecule is CCn1c(C)cc(=O)c2cc(C(=O)Nc3ccc(OC)cc3OC)ccc21. The van der Waals surface area contributed by atoms with E-state index in [0.717, 1.165) is 17.8 Å². The van der Waals surface area contributed by atoms with Crippen molar-refractivity contribution in [2.24, 2.45) is 0 Å². The van der Waals surface area contributed by atoms with E-state index in [9.17, 15) is 9.59 Å². The van der Waals surface area contributed by atoms with Gasteiger partial charge in [-0.25, -0.2) is 0 Å². The summed E-state index contributed by atoms with van der Waals surface area (Å²) >= 11 is 0. The highest BCUT2D eigenvalue weighted by Crippen LogP contribution is 2.29. The zero-order valence-electron chi connectivity index (χ0n) is 15.8. The Morgan fingerprint density at radius 3 is 2.52 bits per heavy atom. The maximum Gasteiger partial charge on any atom is 0.255 e. The van der Waals surface area contributed by atoms with Crippen LogP contribution in [0.1, 0.15) is 23.0 Å². The third-order valence-corrected chi connectivity index (χ3v) is 4.55. The van der Waals surface area contributed by atoms with E-state index in [1.807, 2.05) is 24.5 Å². The Kier molecular flexibility index (Phi) is 5.16. The number of nitrogens with one attached hydrogen (secondary N) is 1. The summed E-state index contributed by atoms with van der Waals surface area (Å²) < 4.78 is 12.5. The molecule has 1 amide bonds. The van der Waals surface area contributed by atoms with Gasteiger partial charge in [0.25, 0.3) is 5.91 Å². The van der Waals surface area contributed by atoms with Gasteiger partial charge in [0.05, 0.1) is 25.4 Å². The van der Waals surface area contributed by atoms with Crippen LogP contribution in [0.25, 0.3) is 10.9 Å². The van der Waals surface area contributed by atoms with Crippen molar-refractivity contribution in [3.05, 3.63) is 63.9 Å². The number of fused-ring (bicyclic) bond motifs is 1. The molecule has 0 atom stereocenters. The number of anilines is 1. The van der Waals surface area contributed by atoms with Crippen LogP contribution < -0.4 is 20.2 Å². The molecule has 6 heteroatoms. The van der Waals surface area contributed by atoms with Crippen molar-refractivity contribution in [3.63, 3.8) is 0 Å². The van der Waals surface area contributed by atoms with Crippen LogP contribution in [0.2, 0.25) is 0 Å². The van der Waals surface area contributed by atoms with Crippen LogP contribution in [0.5, 0.6) is 11.5 Å². The molecule has 3 aromatic rings. The number of aryl methyl sites for hydroxylation is 2. The molecule has 0 bridgehead atoms. The minimum atomic E-state index is -0.316. The largest absolute Gasteiger partial charge is 0.497 e. The summed E-state index contributed by atoms with van der Waals surface area (Å²) in [5, 5.41) is 3.35. The number of methoxy groups -OCH3 is 2. The van der Waals surface area contributed by atoms with Crippen molar-refractivity contribution in [2.75, 3.05) is 19.5 Å². The first-order chi connectivity index (χ1) is 13.0. The second-order valence-electron chi connectivity index (χ2n) is 6.15. The Bertz CT molecular complexity index is 1070. The van der Waals surface area contributed by atoms with Crippen molar-refractivity contribution in [1.82, 2.24) is 4.57 Å². The number of rotatable bonds is 5. The fourth-order valence-corrected chi connectivity index (χ4v) is 3.16. The molecule has 1 aromatic heterocycles. The molecule has 0 aliphatic rings.